The van der Waals surface area contributed by atoms with E-state index in [0.717, 1.165) is 7.11 Å². The minimum atomic E-state index is -5.24. The molecule has 0 atom stereocenters. The largest absolute Gasteiger partial charge is 0.497 e. The van der Waals surface area contributed by atoms with Crippen molar-refractivity contribution in [1.29, 1.82) is 0 Å². The second kappa shape index (κ2) is 4.51. The summed E-state index contributed by atoms with van der Waals surface area (Å²) in [5.41, 5.74) is -2.50. The molecule has 0 amide bonds. The summed E-state index contributed by atoms with van der Waals surface area (Å²) in [5.74, 6) is -2.83. The highest BCUT2D eigenvalue weighted by Crippen LogP contribution is 2.34. The first-order valence-electron chi connectivity index (χ1n) is 4.43. The number of carbonyl (C=O) groups excluding carboxylic acids is 1. The number of methoxy groups -OCH3 is 1. The highest BCUT2D eigenvalue weighted by molar-refractivity contribution is 6.00. The molecule has 0 saturated heterocycles. The predicted octanol–water partition coefficient (Wildman–Crippen LogP) is 3.46. The van der Waals surface area contributed by atoms with Gasteiger partial charge in [-0.2, -0.15) is 26.3 Å². The first-order valence-corrected chi connectivity index (χ1v) is 4.43. The third-order valence-electron chi connectivity index (χ3n) is 1.99. The fourth-order valence-corrected chi connectivity index (χ4v) is 1.18. The molecular weight excluding hydrogens is 266 g/mol. The van der Waals surface area contributed by atoms with E-state index < -0.39 is 35.0 Å². The normalized spacial score (nSPS) is 12.4. The minimum Gasteiger partial charge on any atom is -0.497 e. The van der Waals surface area contributed by atoms with Crippen LogP contribution in [0.3, 0.4) is 0 Å². The number of benzene rings is 1. The summed E-state index contributed by atoms with van der Waals surface area (Å²) < 4.78 is 78.0. The van der Waals surface area contributed by atoms with E-state index in [4.69, 9.17) is 0 Å². The van der Waals surface area contributed by atoms with Gasteiger partial charge in [0, 0.05) is 5.56 Å². The Morgan fingerprint density at radius 3 is 2.00 bits per heavy atom. The zero-order valence-corrected chi connectivity index (χ0v) is 8.82. The van der Waals surface area contributed by atoms with Gasteiger partial charge in [-0.15, -0.1) is 0 Å². The van der Waals surface area contributed by atoms with Gasteiger partial charge in [0.1, 0.15) is 5.75 Å². The third kappa shape index (κ3) is 3.14. The molecule has 2 nitrogen and oxygen atoms in total. The third-order valence-corrected chi connectivity index (χ3v) is 1.99. The molecule has 0 fully saturated rings. The van der Waals surface area contributed by atoms with E-state index in [9.17, 15) is 31.1 Å². The van der Waals surface area contributed by atoms with Gasteiger partial charge in [-0.05, 0) is 18.2 Å². The maximum atomic E-state index is 12.4. The van der Waals surface area contributed by atoms with E-state index in [2.05, 4.69) is 4.74 Å². The average molecular weight is 272 g/mol. The van der Waals surface area contributed by atoms with Crippen LogP contribution in [0.1, 0.15) is 15.9 Å². The molecule has 0 unspecified atom stereocenters. The van der Waals surface area contributed by atoms with E-state index in [-0.39, 0.29) is 6.07 Å². The molecule has 0 saturated carbocycles. The van der Waals surface area contributed by atoms with E-state index >= 15 is 0 Å². The summed E-state index contributed by atoms with van der Waals surface area (Å²) >= 11 is 0. The number of halogens is 6. The Labute approximate surface area is 97.2 Å². The number of hydrogen-bond donors (Lipinski definition) is 0. The smallest absolute Gasteiger partial charge is 0.454 e. The van der Waals surface area contributed by atoms with Gasteiger partial charge in [0.15, 0.2) is 0 Å². The van der Waals surface area contributed by atoms with Crippen LogP contribution in [-0.4, -0.2) is 19.1 Å². The highest BCUT2D eigenvalue weighted by atomic mass is 19.4. The summed E-state index contributed by atoms with van der Waals surface area (Å²) in [6.45, 7) is 0. The maximum absolute atomic E-state index is 12.4. The Bertz CT molecular complexity index is 460. The van der Waals surface area contributed by atoms with Crippen LogP contribution in [0.4, 0.5) is 26.3 Å². The van der Waals surface area contributed by atoms with Crippen molar-refractivity contribution in [2.75, 3.05) is 7.11 Å². The Morgan fingerprint density at radius 1 is 1.06 bits per heavy atom. The van der Waals surface area contributed by atoms with Gasteiger partial charge < -0.3 is 4.74 Å². The second-order valence-corrected chi connectivity index (χ2v) is 3.27. The molecule has 18 heavy (non-hydrogen) atoms. The molecule has 0 radical (unpaired) electrons. The standard InChI is InChI=1S/C10H6F6O2/c1-18-7-3-5(8(17)10(14,15)16)2-6(4-7)9(11,12)13/h2-4H,1H3. The number of alkyl halides is 6. The van der Waals surface area contributed by atoms with Crippen molar-refractivity contribution in [1.82, 2.24) is 0 Å². The van der Waals surface area contributed by atoms with Crippen molar-refractivity contribution in [2.24, 2.45) is 0 Å². The zero-order chi connectivity index (χ0) is 14.1. The SMILES string of the molecule is COc1cc(C(=O)C(F)(F)F)cc(C(F)(F)F)c1. The molecular formula is C10H6F6O2. The number of carbonyl (C=O) groups is 1. The van der Waals surface area contributed by atoms with E-state index in [1.165, 1.54) is 0 Å². The van der Waals surface area contributed by atoms with Crippen molar-refractivity contribution in [3.05, 3.63) is 29.3 Å². The van der Waals surface area contributed by atoms with Gasteiger partial charge in [-0.1, -0.05) is 0 Å². The van der Waals surface area contributed by atoms with Crippen LogP contribution in [0, 0.1) is 0 Å². The number of hydrogen-bond acceptors (Lipinski definition) is 2. The van der Waals surface area contributed by atoms with Crippen molar-refractivity contribution < 1.29 is 35.9 Å². The predicted molar refractivity (Wildman–Crippen MR) is 48.4 cm³/mol. The lowest BCUT2D eigenvalue weighted by atomic mass is 10.1. The molecule has 0 aliphatic carbocycles. The molecule has 0 aliphatic rings. The van der Waals surface area contributed by atoms with Gasteiger partial charge in [0.05, 0.1) is 12.7 Å². The van der Waals surface area contributed by atoms with Crippen molar-refractivity contribution in [3.8, 4) is 5.75 Å². The number of ketones is 1. The van der Waals surface area contributed by atoms with Crippen LogP contribution in [0.25, 0.3) is 0 Å². The highest BCUT2D eigenvalue weighted by Gasteiger charge is 2.41. The maximum Gasteiger partial charge on any atom is 0.454 e. The van der Waals surface area contributed by atoms with Crippen molar-refractivity contribution in [3.63, 3.8) is 0 Å². The van der Waals surface area contributed by atoms with Gasteiger partial charge in [-0.3, -0.25) is 4.79 Å². The summed E-state index contributed by atoms with van der Waals surface area (Å²) in [6.07, 6.45) is -10.1. The van der Waals surface area contributed by atoms with Crippen LogP contribution in [-0.2, 0) is 6.18 Å². The van der Waals surface area contributed by atoms with Crippen LogP contribution in [0.15, 0.2) is 18.2 Å². The topological polar surface area (TPSA) is 26.3 Å². The Balaban J connectivity index is 3.34. The molecule has 100 valence electrons. The Morgan fingerprint density at radius 2 is 1.61 bits per heavy atom. The summed E-state index contributed by atoms with van der Waals surface area (Å²) in [7, 11) is 0.983. The fraction of sp³-hybridized carbons (Fsp3) is 0.300. The Hall–Kier alpha value is -1.73. The monoisotopic (exact) mass is 272 g/mol. The lowest BCUT2D eigenvalue weighted by Gasteiger charge is -2.12. The molecule has 0 aliphatic heterocycles. The van der Waals surface area contributed by atoms with Crippen LogP contribution < -0.4 is 4.74 Å². The molecule has 1 rings (SSSR count). The Kier molecular flexibility index (Phi) is 3.59. The molecule has 0 bridgehead atoms. The van der Waals surface area contributed by atoms with E-state index in [1.54, 1.807) is 0 Å². The van der Waals surface area contributed by atoms with Crippen LogP contribution in [0.5, 0.6) is 5.75 Å². The molecule has 1 aromatic carbocycles. The fourth-order valence-electron chi connectivity index (χ4n) is 1.18. The first kappa shape index (κ1) is 14.3. The van der Waals surface area contributed by atoms with E-state index in [0.29, 0.717) is 12.1 Å². The average Bonchev–Trinajstić information content (AvgIpc) is 2.25. The molecule has 1 aromatic rings. The lowest BCUT2D eigenvalue weighted by Crippen LogP contribution is -2.23. The van der Waals surface area contributed by atoms with Gasteiger partial charge in [0.2, 0.25) is 0 Å². The summed E-state index contributed by atoms with van der Waals surface area (Å²) in [6, 6.07) is 1.25. The van der Waals surface area contributed by atoms with Crippen molar-refractivity contribution in [2.45, 2.75) is 12.4 Å². The molecule has 0 N–H and O–H groups in total. The van der Waals surface area contributed by atoms with Crippen LogP contribution >= 0.6 is 0 Å². The number of rotatable bonds is 2. The second-order valence-electron chi connectivity index (χ2n) is 3.27. The van der Waals surface area contributed by atoms with Gasteiger partial charge in [0.25, 0.3) is 5.78 Å². The molecule has 0 heterocycles. The van der Waals surface area contributed by atoms with Gasteiger partial charge >= 0.3 is 12.4 Å². The van der Waals surface area contributed by atoms with E-state index in [1.807, 2.05) is 0 Å². The lowest BCUT2D eigenvalue weighted by molar-refractivity contribution is -0.137. The number of Topliss-reactive ketones (excluding diaryl/α,β-unsaturated/α-hetero) is 1. The van der Waals surface area contributed by atoms with Crippen LogP contribution in [0.2, 0.25) is 0 Å². The summed E-state index contributed by atoms with van der Waals surface area (Å²) in [5, 5.41) is 0. The van der Waals surface area contributed by atoms with Crippen molar-refractivity contribution >= 4 is 5.78 Å². The van der Waals surface area contributed by atoms with Gasteiger partial charge in [-0.25, -0.2) is 0 Å². The molecule has 8 heteroatoms. The summed E-state index contributed by atoms with van der Waals surface area (Å²) in [4.78, 5) is 10.9. The molecule has 0 aromatic heterocycles. The first-order chi connectivity index (χ1) is 8.05. The quantitative estimate of drug-likeness (QED) is 0.608. The number of ether oxygens (including phenoxy) is 1. The zero-order valence-electron chi connectivity index (χ0n) is 8.82. The minimum absolute atomic E-state index is 0.137. The molecule has 0 spiro atoms.